The lowest BCUT2D eigenvalue weighted by atomic mass is 10.0. The van der Waals surface area contributed by atoms with Crippen LogP contribution in [0, 0.1) is 5.92 Å². The van der Waals surface area contributed by atoms with E-state index in [0.717, 1.165) is 18.9 Å². The SMILES string of the molecule is CC(C)[C@@H]1C[C@@H](N)CN1. The molecule has 0 bridgehead atoms. The summed E-state index contributed by atoms with van der Waals surface area (Å²) in [7, 11) is 0. The Kier molecular flexibility index (Phi) is 2.09. The van der Waals surface area contributed by atoms with Crippen LogP contribution in [0.25, 0.3) is 0 Å². The summed E-state index contributed by atoms with van der Waals surface area (Å²) in [6.07, 6.45) is 1.15. The molecule has 3 N–H and O–H groups in total. The zero-order valence-corrected chi connectivity index (χ0v) is 6.22. The lowest BCUT2D eigenvalue weighted by Crippen LogP contribution is -2.26. The highest BCUT2D eigenvalue weighted by molar-refractivity contribution is 4.85. The summed E-state index contributed by atoms with van der Waals surface area (Å²) in [5.41, 5.74) is 5.70. The van der Waals surface area contributed by atoms with Crippen molar-refractivity contribution in [2.24, 2.45) is 11.7 Å². The molecular formula is C7H16N2. The van der Waals surface area contributed by atoms with Crippen LogP contribution in [0.1, 0.15) is 20.3 Å². The largest absolute Gasteiger partial charge is 0.326 e. The smallest absolute Gasteiger partial charge is 0.0180 e. The maximum atomic E-state index is 5.70. The monoisotopic (exact) mass is 128 g/mol. The van der Waals surface area contributed by atoms with Crippen LogP contribution >= 0.6 is 0 Å². The number of nitrogens with two attached hydrogens (primary N) is 1. The third-order valence-electron chi connectivity index (χ3n) is 2.00. The molecule has 2 atom stereocenters. The van der Waals surface area contributed by atoms with Crippen molar-refractivity contribution in [2.75, 3.05) is 6.54 Å². The average molecular weight is 128 g/mol. The second-order valence-corrected chi connectivity index (χ2v) is 3.25. The fourth-order valence-corrected chi connectivity index (χ4v) is 1.30. The molecule has 2 nitrogen and oxygen atoms in total. The fraction of sp³-hybridized carbons (Fsp3) is 1.00. The van der Waals surface area contributed by atoms with Crippen LogP contribution in [-0.4, -0.2) is 18.6 Å². The Labute approximate surface area is 56.8 Å². The van der Waals surface area contributed by atoms with E-state index in [1.165, 1.54) is 0 Å². The van der Waals surface area contributed by atoms with Crippen molar-refractivity contribution < 1.29 is 0 Å². The van der Waals surface area contributed by atoms with E-state index < -0.39 is 0 Å². The van der Waals surface area contributed by atoms with Gasteiger partial charge in [0.05, 0.1) is 0 Å². The Balaban J connectivity index is 2.30. The molecule has 0 aliphatic carbocycles. The Morgan fingerprint density at radius 2 is 2.22 bits per heavy atom. The van der Waals surface area contributed by atoms with Gasteiger partial charge < -0.3 is 11.1 Å². The van der Waals surface area contributed by atoms with Crippen LogP contribution in [0.3, 0.4) is 0 Å². The molecule has 1 aliphatic rings. The quantitative estimate of drug-likeness (QED) is 0.534. The molecule has 0 aromatic rings. The Bertz CT molecular complexity index is 90.9. The van der Waals surface area contributed by atoms with E-state index in [0.29, 0.717) is 12.1 Å². The van der Waals surface area contributed by atoms with Gasteiger partial charge in [-0.3, -0.25) is 0 Å². The van der Waals surface area contributed by atoms with Crippen molar-refractivity contribution in [3.63, 3.8) is 0 Å². The van der Waals surface area contributed by atoms with E-state index in [9.17, 15) is 0 Å². The van der Waals surface area contributed by atoms with Crippen LogP contribution in [0.5, 0.6) is 0 Å². The first-order chi connectivity index (χ1) is 4.20. The molecule has 0 amide bonds. The van der Waals surface area contributed by atoms with Crippen molar-refractivity contribution in [1.82, 2.24) is 5.32 Å². The van der Waals surface area contributed by atoms with Crippen LogP contribution < -0.4 is 11.1 Å². The number of hydrogen-bond donors (Lipinski definition) is 2. The Morgan fingerprint density at radius 1 is 1.56 bits per heavy atom. The van der Waals surface area contributed by atoms with E-state index in [4.69, 9.17) is 5.73 Å². The molecule has 54 valence electrons. The van der Waals surface area contributed by atoms with Gasteiger partial charge >= 0.3 is 0 Å². The van der Waals surface area contributed by atoms with Crippen LogP contribution in [0.2, 0.25) is 0 Å². The molecule has 0 aromatic carbocycles. The molecule has 1 saturated heterocycles. The number of rotatable bonds is 1. The van der Waals surface area contributed by atoms with Gasteiger partial charge in [-0.05, 0) is 12.3 Å². The Hall–Kier alpha value is -0.0800. The van der Waals surface area contributed by atoms with E-state index in [1.54, 1.807) is 0 Å². The van der Waals surface area contributed by atoms with Crippen molar-refractivity contribution >= 4 is 0 Å². The van der Waals surface area contributed by atoms with Crippen molar-refractivity contribution in [3.8, 4) is 0 Å². The van der Waals surface area contributed by atoms with Gasteiger partial charge in [0.15, 0.2) is 0 Å². The molecule has 0 unspecified atom stereocenters. The second kappa shape index (κ2) is 2.67. The third kappa shape index (κ3) is 1.66. The summed E-state index contributed by atoms with van der Waals surface area (Å²) in [5, 5.41) is 3.38. The highest BCUT2D eigenvalue weighted by Gasteiger charge is 2.22. The minimum atomic E-state index is 0.400. The van der Waals surface area contributed by atoms with Gasteiger partial charge in [-0.15, -0.1) is 0 Å². The molecular weight excluding hydrogens is 112 g/mol. The van der Waals surface area contributed by atoms with Gasteiger partial charge in [-0.2, -0.15) is 0 Å². The predicted molar refractivity (Wildman–Crippen MR) is 39.2 cm³/mol. The number of hydrogen-bond acceptors (Lipinski definition) is 2. The lowest BCUT2D eigenvalue weighted by Gasteiger charge is -2.13. The van der Waals surface area contributed by atoms with Crippen molar-refractivity contribution in [1.29, 1.82) is 0 Å². The Morgan fingerprint density at radius 3 is 2.44 bits per heavy atom. The maximum absolute atomic E-state index is 5.70. The van der Waals surface area contributed by atoms with Crippen LogP contribution in [-0.2, 0) is 0 Å². The molecule has 2 heteroatoms. The highest BCUT2D eigenvalue weighted by Crippen LogP contribution is 2.12. The molecule has 1 aliphatic heterocycles. The van der Waals surface area contributed by atoms with E-state index in [2.05, 4.69) is 19.2 Å². The maximum Gasteiger partial charge on any atom is 0.0180 e. The van der Waals surface area contributed by atoms with Gasteiger partial charge in [-0.1, -0.05) is 13.8 Å². The van der Waals surface area contributed by atoms with E-state index >= 15 is 0 Å². The molecule has 0 radical (unpaired) electrons. The third-order valence-corrected chi connectivity index (χ3v) is 2.00. The van der Waals surface area contributed by atoms with Gasteiger partial charge in [0.1, 0.15) is 0 Å². The molecule has 1 rings (SSSR count). The highest BCUT2D eigenvalue weighted by atomic mass is 15.0. The normalized spacial score (nSPS) is 36.0. The predicted octanol–water partition coefficient (Wildman–Crippen LogP) is 0.332. The summed E-state index contributed by atoms with van der Waals surface area (Å²) in [6, 6.07) is 1.07. The van der Waals surface area contributed by atoms with Crippen LogP contribution in [0.15, 0.2) is 0 Å². The zero-order valence-electron chi connectivity index (χ0n) is 6.22. The van der Waals surface area contributed by atoms with Gasteiger partial charge in [0.25, 0.3) is 0 Å². The number of nitrogens with one attached hydrogen (secondary N) is 1. The summed E-state index contributed by atoms with van der Waals surface area (Å²) < 4.78 is 0. The summed E-state index contributed by atoms with van der Waals surface area (Å²) in [4.78, 5) is 0. The molecule has 0 saturated carbocycles. The van der Waals surface area contributed by atoms with Gasteiger partial charge in [0.2, 0.25) is 0 Å². The fourth-order valence-electron chi connectivity index (χ4n) is 1.30. The first-order valence-corrected chi connectivity index (χ1v) is 3.69. The average Bonchev–Trinajstić information content (AvgIpc) is 2.14. The van der Waals surface area contributed by atoms with Gasteiger partial charge in [-0.25, -0.2) is 0 Å². The second-order valence-electron chi connectivity index (χ2n) is 3.25. The zero-order chi connectivity index (χ0) is 6.85. The minimum Gasteiger partial charge on any atom is -0.326 e. The lowest BCUT2D eigenvalue weighted by molar-refractivity contribution is 0.449. The summed E-state index contributed by atoms with van der Waals surface area (Å²) >= 11 is 0. The first kappa shape index (κ1) is 7.03. The van der Waals surface area contributed by atoms with E-state index in [-0.39, 0.29) is 0 Å². The summed E-state index contributed by atoms with van der Waals surface area (Å²) in [5.74, 6) is 0.735. The topological polar surface area (TPSA) is 38.0 Å². The molecule has 1 heterocycles. The van der Waals surface area contributed by atoms with Crippen molar-refractivity contribution in [2.45, 2.75) is 32.4 Å². The standard InChI is InChI=1S/C7H16N2/c1-5(2)7-3-6(8)4-9-7/h5-7,9H,3-4,8H2,1-2H3/t6-,7+/m1/s1. The van der Waals surface area contributed by atoms with Gasteiger partial charge in [0, 0.05) is 18.6 Å². The molecule has 9 heavy (non-hydrogen) atoms. The molecule has 0 aromatic heterocycles. The van der Waals surface area contributed by atoms with Crippen LogP contribution in [0.4, 0.5) is 0 Å². The molecule has 1 fully saturated rings. The molecule has 0 spiro atoms. The first-order valence-electron chi connectivity index (χ1n) is 3.69. The van der Waals surface area contributed by atoms with E-state index in [1.807, 2.05) is 0 Å². The minimum absolute atomic E-state index is 0.400. The van der Waals surface area contributed by atoms with Crippen molar-refractivity contribution in [3.05, 3.63) is 0 Å². The summed E-state index contributed by atoms with van der Waals surface area (Å²) in [6.45, 7) is 5.47.